The first-order valence-corrected chi connectivity index (χ1v) is 7.39. The molecule has 1 aromatic heterocycles. The van der Waals surface area contributed by atoms with Crippen LogP contribution in [0.25, 0.3) is 0 Å². The highest BCUT2D eigenvalue weighted by atomic mass is 35.5. The Morgan fingerprint density at radius 1 is 1.22 bits per heavy atom. The van der Waals surface area contributed by atoms with E-state index in [2.05, 4.69) is 10.3 Å². The molecule has 0 fully saturated rings. The minimum Gasteiger partial charge on any atom is -0.493 e. The molecule has 0 saturated heterocycles. The van der Waals surface area contributed by atoms with Gasteiger partial charge in [-0.15, -0.1) is 0 Å². The summed E-state index contributed by atoms with van der Waals surface area (Å²) in [4.78, 5) is 4.14. The molecule has 2 aromatic rings. The van der Waals surface area contributed by atoms with Gasteiger partial charge in [-0.05, 0) is 23.8 Å². The monoisotopic (exact) mass is 338 g/mol. The Kier molecular flexibility index (Phi) is 6.31. The number of anilines is 1. The standard InChI is InChI=1S/C16H19ClN2O4/c1-21-14-8-11(7-13(17)16(14)22-2)9-18-12-3-4-15(19-10-12)23-6-5-20/h3-4,7-8,10,18,20H,5-6,9H2,1-2H3. The van der Waals surface area contributed by atoms with E-state index in [4.69, 9.17) is 30.9 Å². The molecule has 2 rings (SSSR count). The highest BCUT2D eigenvalue weighted by molar-refractivity contribution is 6.32. The number of aliphatic hydroxyl groups is 1. The summed E-state index contributed by atoms with van der Waals surface area (Å²) in [6.07, 6.45) is 1.66. The second kappa shape index (κ2) is 8.45. The number of aliphatic hydroxyl groups excluding tert-OH is 1. The minimum absolute atomic E-state index is 0.0399. The number of nitrogens with zero attached hydrogens (tertiary/aromatic N) is 1. The zero-order valence-electron chi connectivity index (χ0n) is 13.0. The molecule has 7 heteroatoms. The maximum atomic E-state index is 8.70. The van der Waals surface area contributed by atoms with Crippen LogP contribution in [0.4, 0.5) is 5.69 Å². The first-order chi connectivity index (χ1) is 11.2. The lowest BCUT2D eigenvalue weighted by molar-refractivity contribution is 0.196. The topological polar surface area (TPSA) is 72.8 Å². The fourth-order valence-corrected chi connectivity index (χ4v) is 2.31. The van der Waals surface area contributed by atoms with Gasteiger partial charge in [0.15, 0.2) is 11.5 Å². The van der Waals surface area contributed by atoms with Crippen molar-refractivity contribution in [3.05, 3.63) is 41.0 Å². The number of halogens is 1. The third-order valence-electron chi connectivity index (χ3n) is 3.07. The predicted octanol–water partition coefficient (Wildman–Crippen LogP) is 2.74. The molecule has 0 amide bonds. The molecule has 0 spiro atoms. The Morgan fingerprint density at radius 2 is 2.04 bits per heavy atom. The largest absolute Gasteiger partial charge is 0.493 e. The minimum atomic E-state index is -0.0399. The van der Waals surface area contributed by atoms with Gasteiger partial charge in [0.2, 0.25) is 5.88 Å². The van der Waals surface area contributed by atoms with Crippen molar-refractivity contribution in [1.82, 2.24) is 4.98 Å². The third kappa shape index (κ3) is 4.64. The highest BCUT2D eigenvalue weighted by Crippen LogP contribution is 2.36. The summed E-state index contributed by atoms with van der Waals surface area (Å²) >= 11 is 6.18. The lowest BCUT2D eigenvalue weighted by Gasteiger charge is -2.13. The molecule has 0 atom stereocenters. The maximum absolute atomic E-state index is 8.70. The summed E-state index contributed by atoms with van der Waals surface area (Å²) in [6.45, 7) is 0.740. The molecule has 2 N–H and O–H groups in total. The van der Waals surface area contributed by atoms with Crippen LogP contribution < -0.4 is 19.5 Å². The van der Waals surface area contributed by atoms with Gasteiger partial charge in [-0.1, -0.05) is 11.6 Å². The van der Waals surface area contributed by atoms with E-state index in [9.17, 15) is 0 Å². The third-order valence-corrected chi connectivity index (χ3v) is 3.35. The van der Waals surface area contributed by atoms with Crippen molar-refractivity contribution < 1.29 is 19.3 Å². The Morgan fingerprint density at radius 3 is 2.65 bits per heavy atom. The smallest absolute Gasteiger partial charge is 0.213 e. The Bertz CT molecular complexity index is 635. The van der Waals surface area contributed by atoms with Crippen LogP contribution in [-0.2, 0) is 6.54 Å². The Labute approximate surface area is 140 Å². The average molecular weight is 339 g/mol. The second-order valence-electron chi connectivity index (χ2n) is 4.62. The number of pyridine rings is 1. The molecule has 6 nitrogen and oxygen atoms in total. The van der Waals surface area contributed by atoms with Crippen molar-refractivity contribution in [2.75, 3.05) is 32.8 Å². The van der Waals surface area contributed by atoms with Crippen molar-refractivity contribution in [3.8, 4) is 17.4 Å². The molecular formula is C16H19ClN2O4. The van der Waals surface area contributed by atoms with E-state index in [1.54, 1.807) is 26.5 Å². The zero-order valence-corrected chi connectivity index (χ0v) is 13.8. The van der Waals surface area contributed by atoms with Gasteiger partial charge >= 0.3 is 0 Å². The zero-order chi connectivity index (χ0) is 16.7. The van der Waals surface area contributed by atoms with Gasteiger partial charge in [-0.25, -0.2) is 4.98 Å². The maximum Gasteiger partial charge on any atom is 0.213 e. The van der Waals surface area contributed by atoms with Crippen LogP contribution in [-0.4, -0.2) is 37.5 Å². The Balaban J connectivity index is 2.01. The quantitative estimate of drug-likeness (QED) is 0.771. The van der Waals surface area contributed by atoms with Crippen LogP contribution in [0.15, 0.2) is 30.5 Å². The van der Waals surface area contributed by atoms with Crippen molar-refractivity contribution in [2.45, 2.75) is 6.54 Å². The van der Waals surface area contributed by atoms with Gasteiger partial charge in [0.05, 0.1) is 37.7 Å². The van der Waals surface area contributed by atoms with Crippen molar-refractivity contribution >= 4 is 17.3 Å². The summed E-state index contributed by atoms with van der Waals surface area (Å²) in [5, 5.41) is 12.4. The first kappa shape index (κ1) is 17.2. The van der Waals surface area contributed by atoms with Gasteiger partial charge in [0.1, 0.15) is 6.61 Å². The summed E-state index contributed by atoms with van der Waals surface area (Å²) in [5.41, 5.74) is 1.79. The molecule has 0 aliphatic rings. The van der Waals surface area contributed by atoms with Crippen LogP contribution in [0.3, 0.4) is 0 Å². The molecule has 23 heavy (non-hydrogen) atoms. The van der Waals surface area contributed by atoms with Crippen LogP contribution in [0, 0.1) is 0 Å². The molecular weight excluding hydrogens is 320 g/mol. The second-order valence-corrected chi connectivity index (χ2v) is 5.03. The fourth-order valence-electron chi connectivity index (χ4n) is 2.00. The van der Waals surface area contributed by atoms with Crippen molar-refractivity contribution in [2.24, 2.45) is 0 Å². The number of nitrogens with one attached hydrogen (secondary N) is 1. The number of benzene rings is 1. The molecule has 1 aromatic carbocycles. The number of hydrogen-bond acceptors (Lipinski definition) is 6. The summed E-state index contributed by atoms with van der Waals surface area (Å²) in [5.74, 6) is 1.58. The van der Waals surface area contributed by atoms with Gasteiger partial charge in [-0.2, -0.15) is 0 Å². The fraction of sp³-hybridized carbons (Fsp3) is 0.312. The molecule has 0 bridgehead atoms. The number of methoxy groups -OCH3 is 2. The van der Waals surface area contributed by atoms with Gasteiger partial charge < -0.3 is 24.6 Å². The van der Waals surface area contributed by atoms with E-state index in [0.29, 0.717) is 28.9 Å². The predicted molar refractivity (Wildman–Crippen MR) is 88.7 cm³/mol. The van der Waals surface area contributed by atoms with E-state index < -0.39 is 0 Å². The van der Waals surface area contributed by atoms with Crippen molar-refractivity contribution in [3.63, 3.8) is 0 Å². The molecule has 1 heterocycles. The van der Waals surface area contributed by atoms with E-state index in [1.807, 2.05) is 18.2 Å². The van der Waals surface area contributed by atoms with Crippen LogP contribution in [0.2, 0.25) is 5.02 Å². The molecule has 0 saturated carbocycles. The SMILES string of the molecule is COc1cc(CNc2ccc(OCCO)nc2)cc(Cl)c1OC. The van der Waals surface area contributed by atoms with E-state index in [1.165, 1.54) is 0 Å². The average Bonchev–Trinajstić information content (AvgIpc) is 2.58. The van der Waals surface area contributed by atoms with Gasteiger partial charge in [0.25, 0.3) is 0 Å². The normalized spacial score (nSPS) is 10.3. The van der Waals surface area contributed by atoms with Gasteiger partial charge in [0, 0.05) is 12.6 Å². The lowest BCUT2D eigenvalue weighted by atomic mass is 10.2. The van der Waals surface area contributed by atoms with Gasteiger partial charge in [-0.3, -0.25) is 0 Å². The highest BCUT2D eigenvalue weighted by Gasteiger charge is 2.10. The molecule has 124 valence electrons. The van der Waals surface area contributed by atoms with Crippen LogP contribution >= 0.6 is 11.6 Å². The summed E-state index contributed by atoms with van der Waals surface area (Å²) < 4.78 is 15.7. The molecule has 0 aliphatic carbocycles. The van der Waals surface area contributed by atoms with E-state index in [-0.39, 0.29) is 13.2 Å². The van der Waals surface area contributed by atoms with Crippen molar-refractivity contribution in [1.29, 1.82) is 0 Å². The number of aromatic nitrogens is 1. The van der Waals surface area contributed by atoms with E-state index in [0.717, 1.165) is 11.3 Å². The number of rotatable bonds is 8. The van der Waals surface area contributed by atoms with Crippen LogP contribution in [0.5, 0.6) is 17.4 Å². The molecule has 0 unspecified atom stereocenters. The number of hydrogen-bond donors (Lipinski definition) is 2. The first-order valence-electron chi connectivity index (χ1n) is 7.02. The Hall–Kier alpha value is -2.18. The lowest BCUT2D eigenvalue weighted by Crippen LogP contribution is -2.04. The molecule has 0 aliphatic heterocycles. The van der Waals surface area contributed by atoms with Crippen LogP contribution in [0.1, 0.15) is 5.56 Å². The van der Waals surface area contributed by atoms with E-state index >= 15 is 0 Å². The summed E-state index contributed by atoms with van der Waals surface area (Å²) in [7, 11) is 3.12. The summed E-state index contributed by atoms with van der Waals surface area (Å²) in [6, 6.07) is 7.27. The molecule has 0 radical (unpaired) electrons. The number of ether oxygens (including phenoxy) is 3.